The fraction of sp³-hybridized carbons (Fsp3) is 0.417. The molecule has 0 aliphatic carbocycles. The van der Waals surface area contributed by atoms with Crippen LogP contribution < -0.4 is 5.32 Å². The third-order valence-corrected chi connectivity index (χ3v) is 3.08. The minimum absolute atomic E-state index is 0.175. The highest BCUT2D eigenvalue weighted by Gasteiger charge is 2.05. The summed E-state index contributed by atoms with van der Waals surface area (Å²) < 4.78 is 25.5. The first-order valence-corrected chi connectivity index (χ1v) is 6.50. The third kappa shape index (κ3) is 5.46. The second-order valence-corrected chi connectivity index (χ2v) is 5.00. The summed E-state index contributed by atoms with van der Waals surface area (Å²) in [6.07, 6.45) is -0.316. The van der Waals surface area contributed by atoms with E-state index in [9.17, 15) is 13.6 Å². The SMILES string of the molecule is C[C@H](O)CNC(=O)CCSc1ccc(F)c(F)c1. The van der Waals surface area contributed by atoms with Gasteiger partial charge in [0.15, 0.2) is 11.6 Å². The van der Waals surface area contributed by atoms with Crippen molar-refractivity contribution in [2.45, 2.75) is 24.3 Å². The van der Waals surface area contributed by atoms with Gasteiger partial charge in [-0.1, -0.05) is 0 Å². The first-order valence-electron chi connectivity index (χ1n) is 5.51. The predicted molar refractivity (Wildman–Crippen MR) is 66.4 cm³/mol. The number of benzene rings is 1. The van der Waals surface area contributed by atoms with Gasteiger partial charge in [0.05, 0.1) is 6.10 Å². The normalized spacial score (nSPS) is 12.2. The lowest BCUT2D eigenvalue weighted by Crippen LogP contribution is -2.30. The Labute approximate surface area is 109 Å². The van der Waals surface area contributed by atoms with Crippen LogP contribution in [0.3, 0.4) is 0 Å². The summed E-state index contributed by atoms with van der Waals surface area (Å²) in [5.41, 5.74) is 0. The predicted octanol–water partition coefficient (Wildman–Crippen LogP) is 1.94. The number of nitrogens with one attached hydrogen (secondary N) is 1. The van der Waals surface area contributed by atoms with Gasteiger partial charge < -0.3 is 10.4 Å². The molecule has 1 rings (SSSR count). The summed E-state index contributed by atoms with van der Waals surface area (Å²) in [5.74, 6) is -1.48. The second-order valence-electron chi connectivity index (χ2n) is 3.83. The number of halogens is 2. The Morgan fingerprint density at radius 2 is 2.17 bits per heavy atom. The first-order chi connectivity index (χ1) is 8.49. The van der Waals surface area contributed by atoms with Crippen molar-refractivity contribution in [3.05, 3.63) is 29.8 Å². The van der Waals surface area contributed by atoms with Gasteiger partial charge in [0.25, 0.3) is 0 Å². The molecule has 0 aliphatic rings. The smallest absolute Gasteiger partial charge is 0.220 e. The maximum atomic E-state index is 12.9. The van der Waals surface area contributed by atoms with Gasteiger partial charge in [-0.15, -0.1) is 11.8 Å². The average molecular weight is 275 g/mol. The van der Waals surface area contributed by atoms with E-state index in [4.69, 9.17) is 5.11 Å². The van der Waals surface area contributed by atoms with E-state index in [1.807, 2.05) is 0 Å². The van der Waals surface area contributed by atoms with E-state index in [-0.39, 0.29) is 18.9 Å². The molecule has 18 heavy (non-hydrogen) atoms. The molecule has 3 nitrogen and oxygen atoms in total. The summed E-state index contributed by atoms with van der Waals surface area (Å²) in [4.78, 5) is 11.9. The zero-order chi connectivity index (χ0) is 13.5. The molecule has 1 aromatic carbocycles. The number of amides is 1. The highest BCUT2D eigenvalue weighted by atomic mass is 32.2. The fourth-order valence-electron chi connectivity index (χ4n) is 1.18. The van der Waals surface area contributed by atoms with E-state index in [0.717, 1.165) is 12.1 Å². The zero-order valence-corrected chi connectivity index (χ0v) is 10.8. The molecule has 1 atom stereocenters. The molecule has 0 aromatic heterocycles. The zero-order valence-electron chi connectivity index (χ0n) is 9.95. The Bertz CT molecular complexity index is 413. The summed E-state index contributed by atoms with van der Waals surface area (Å²) in [5, 5.41) is 11.5. The van der Waals surface area contributed by atoms with Gasteiger partial charge in [-0.05, 0) is 25.1 Å². The molecule has 0 radical (unpaired) electrons. The number of carbonyl (C=O) groups excluding carboxylic acids is 1. The van der Waals surface area contributed by atoms with Gasteiger partial charge in [0, 0.05) is 23.6 Å². The van der Waals surface area contributed by atoms with Crippen LogP contribution in [0.4, 0.5) is 8.78 Å². The molecule has 6 heteroatoms. The molecule has 1 aromatic rings. The van der Waals surface area contributed by atoms with E-state index in [1.165, 1.54) is 17.8 Å². The third-order valence-electron chi connectivity index (χ3n) is 2.08. The average Bonchev–Trinajstić information content (AvgIpc) is 2.31. The molecule has 0 spiro atoms. The molecule has 100 valence electrons. The molecule has 0 bridgehead atoms. The van der Waals surface area contributed by atoms with Crippen molar-refractivity contribution in [1.29, 1.82) is 0 Å². The van der Waals surface area contributed by atoms with Gasteiger partial charge in [0.2, 0.25) is 5.91 Å². The van der Waals surface area contributed by atoms with E-state index in [0.29, 0.717) is 10.6 Å². The highest BCUT2D eigenvalue weighted by Crippen LogP contribution is 2.20. The molecule has 0 saturated heterocycles. The maximum absolute atomic E-state index is 12.9. The highest BCUT2D eigenvalue weighted by molar-refractivity contribution is 7.99. The van der Waals surface area contributed by atoms with Crippen molar-refractivity contribution in [2.75, 3.05) is 12.3 Å². The van der Waals surface area contributed by atoms with Crippen LogP contribution in [-0.2, 0) is 4.79 Å². The van der Waals surface area contributed by atoms with Crippen LogP contribution in [0.15, 0.2) is 23.1 Å². The number of hydrogen-bond acceptors (Lipinski definition) is 3. The molecule has 2 N–H and O–H groups in total. The summed E-state index contributed by atoms with van der Waals surface area (Å²) in [6.45, 7) is 1.80. The van der Waals surface area contributed by atoms with Crippen molar-refractivity contribution < 1.29 is 18.7 Å². The van der Waals surface area contributed by atoms with Crippen LogP contribution >= 0.6 is 11.8 Å². The van der Waals surface area contributed by atoms with Gasteiger partial charge >= 0.3 is 0 Å². The van der Waals surface area contributed by atoms with Crippen molar-refractivity contribution >= 4 is 17.7 Å². The van der Waals surface area contributed by atoms with E-state index in [1.54, 1.807) is 6.92 Å². The fourth-order valence-corrected chi connectivity index (χ4v) is 2.05. The Kier molecular flexibility index (Phi) is 6.07. The first kappa shape index (κ1) is 14.9. The molecule has 0 heterocycles. The van der Waals surface area contributed by atoms with Crippen LogP contribution in [0.5, 0.6) is 0 Å². The minimum Gasteiger partial charge on any atom is -0.392 e. The number of thioether (sulfide) groups is 1. The van der Waals surface area contributed by atoms with Crippen LogP contribution in [0, 0.1) is 11.6 Å². The monoisotopic (exact) mass is 275 g/mol. The summed E-state index contributed by atoms with van der Waals surface area (Å²) in [7, 11) is 0. The molecule has 0 fully saturated rings. The maximum Gasteiger partial charge on any atom is 0.220 e. The Morgan fingerprint density at radius 3 is 2.78 bits per heavy atom. The number of aliphatic hydroxyl groups is 1. The lowest BCUT2D eigenvalue weighted by molar-refractivity contribution is -0.121. The number of aliphatic hydroxyl groups excluding tert-OH is 1. The Hall–Kier alpha value is -1.14. The van der Waals surface area contributed by atoms with Gasteiger partial charge in [-0.25, -0.2) is 8.78 Å². The van der Waals surface area contributed by atoms with Crippen LogP contribution in [0.2, 0.25) is 0 Å². The van der Waals surface area contributed by atoms with E-state index in [2.05, 4.69) is 5.32 Å². The molecule has 0 aliphatic heterocycles. The number of hydrogen-bond donors (Lipinski definition) is 2. The summed E-state index contributed by atoms with van der Waals surface area (Å²) in [6, 6.07) is 3.63. The van der Waals surface area contributed by atoms with E-state index < -0.39 is 17.7 Å². The largest absolute Gasteiger partial charge is 0.392 e. The molecule has 0 unspecified atom stereocenters. The lowest BCUT2D eigenvalue weighted by Gasteiger charge is -2.07. The lowest BCUT2D eigenvalue weighted by atomic mass is 10.3. The van der Waals surface area contributed by atoms with Gasteiger partial charge in [0.1, 0.15) is 0 Å². The Morgan fingerprint density at radius 1 is 1.44 bits per heavy atom. The van der Waals surface area contributed by atoms with Crippen molar-refractivity contribution in [2.24, 2.45) is 0 Å². The molecular weight excluding hydrogens is 260 g/mol. The van der Waals surface area contributed by atoms with Gasteiger partial charge in [-0.3, -0.25) is 4.79 Å². The number of rotatable bonds is 6. The summed E-state index contributed by atoms with van der Waals surface area (Å²) >= 11 is 1.28. The molecule has 1 amide bonds. The van der Waals surface area contributed by atoms with Gasteiger partial charge in [-0.2, -0.15) is 0 Å². The molecular formula is C12H15F2NO2S. The minimum atomic E-state index is -0.890. The van der Waals surface area contributed by atoms with Crippen molar-refractivity contribution in [3.63, 3.8) is 0 Å². The molecule has 0 saturated carbocycles. The van der Waals surface area contributed by atoms with Crippen LogP contribution in [0.25, 0.3) is 0 Å². The van der Waals surface area contributed by atoms with Crippen molar-refractivity contribution in [1.82, 2.24) is 5.32 Å². The second kappa shape index (κ2) is 7.33. The van der Waals surface area contributed by atoms with E-state index >= 15 is 0 Å². The quantitative estimate of drug-likeness (QED) is 0.780. The number of carbonyl (C=O) groups is 1. The van der Waals surface area contributed by atoms with Crippen molar-refractivity contribution in [3.8, 4) is 0 Å². The topological polar surface area (TPSA) is 49.3 Å². The standard InChI is InChI=1S/C12H15F2NO2S/c1-8(16)7-15-12(17)4-5-18-9-2-3-10(13)11(14)6-9/h2-3,6,8,16H,4-5,7H2,1H3,(H,15,17)/t8-/m0/s1. The Balaban J connectivity index is 2.28. The van der Waals surface area contributed by atoms with Crippen LogP contribution in [-0.4, -0.2) is 29.4 Å². The van der Waals surface area contributed by atoms with Crippen LogP contribution in [0.1, 0.15) is 13.3 Å².